The number of anilines is 1. The Balaban J connectivity index is 2.17. The first-order valence-electron chi connectivity index (χ1n) is 6.54. The Labute approximate surface area is 111 Å². The Bertz CT molecular complexity index is 341. The van der Waals surface area contributed by atoms with Gasteiger partial charge >= 0.3 is 0 Å². The maximum absolute atomic E-state index is 5.66. The van der Waals surface area contributed by atoms with Gasteiger partial charge in [0.25, 0.3) is 0 Å². The van der Waals surface area contributed by atoms with E-state index in [1.165, 1.54) is 0 Å². The third kappa shape index (κ3) is 6.50. The van der Waals surface area contributed by atoms with Crippen LogP contribution in [-0.4, -0.2) is 31.6 Å². The van der Waals surface area contributed by atoms with Gasteiger partial charge in [0.05, 0.1) is 6.61 Å². The van der Waals surface area contributed by atoms with Crippen LogP contribution in [0, 0.1) is 5.41 Å². The van der Waals surface area contributed by atoms with E-state index < -0.39 is 0 Å². The van der Waals surface area contributed by atoms with Gasteiger partial charge in [-0.3, -0.25) is 0 Å². The molecule has 0 saturated heterocycles. The van der Waals surface area contributed by atoms with Gasteiger partial charge in [0, 0.05) is 18.8 Å². The van der Waals surface area contributed by atoms with Crippen LogP contribution in [-0.2, 0) is 0 Å². The van der Waals surface area contributed by atoms with E-state index in [-0.39, 0.29) is 0 Å². The molecule has 0 spiro atoms. The van der Waals surface area contributed by atoms with E-state index in [0.29, 0.717) is 5.41 Å². The van der Waals surface area contributed by atoms with E-state index in [1.807, 2.05) is 24.3 Å². The molecule has 0 heterocycles. The molecule has 0 aliphatic carbocycles. The van der Waals surface area contributed by atoms with Gasteiger partial charge in [0.1, 0.15) is 5.75 Å². The highest BCUT2D eigenvalue weighted by Gasteiger charge is 2.12. The molecule has 1 aromatic carbocycles. The zero-order valence-electron chi connectivity index (χ0n) is 12.1. The van der Waals surface area contributed by atoms with Crippen LogP contribution >= 0.6 is 0 Å². The first-order chi connectivity index (χ1) is 8.37. The lowest BCUT2D eigenvalue weighted by Crippen LogP contribution is -2.30. The van der Waals surface area contributed by atoms with Crippen LogP contribution in [0.25, 0.3) is 0 Å². The van der Waals surface area contributed by atoms with Crippen LogP contribution in [0.2, 0.25) is 0 Å². The van der Waals surface area contributed by atoms with Crippen LogP contribution in [0.3, 0.4) is 0 Å². The molecule has 1 rings (SSSR count). The highest BCUT2D eigenvalue weighted by atomic mass is 16.5. The molecule has 0 aromatic heterocycles. The van der Waals surface area contributed by atoms with Gasteiger partial charge in [-0.25, -0.2) is 0 Å². The average molecular weight is 250 g/mol. The third-order valence-corrected chi connectivity index (χ3v) is 2.58. The largest absolute Gasteiger partial charge is 0.494 e. The summed E-state index contributed by atoms with van der Waals surface area (Å²) >= 11 is 0. The summed E-state index contributed by atoms with van der Waals surface area (Å²) in [6, 6.07) is 7.55. The van der Waals surface area contributed by atoms with Crippen LogP contribution in [0.4, 0.5) is 5.69 Å². The lowest BCUT2D eigenvalue weighted by atomic mass is 9.96. The van der Waals surface area contributed by atoms with Crippen LogP contribution in [0.15, 0.2) is 24.3 Å². The number of ether oxygens (including phenoxy) is 1. The van der Waals surface area contributed by atoms with Gasteiger partial charge < -0.3 is 15.4 Å². The monoisotopic (exact) mass is 250 g/mol. The second-order valence-corrected chi connectivity index (χ2v) is 6.07. The number of hydrogen-bond donors (Lipinski definition) is 1. The number of nitrogen functional groups attached to an aromatic ring is 1. The predicted molar refractivity (Wildman–Crippen MR) is 77.9 cm³/mol. The summed E-state index contributed by atoms with van der Waals surface area (Å²) in [6.45, 7) is 9.69. The van der Waals surface area contributed by atoms with Crippen LogP contribution in [0.5, 0.6) is 5.75 Å². The molecule has 0 aliphatic rings. The number of benzene rings is 1. The molecule has 3 nitrogen and oxygen atoms in total. The molecule has 0 unspecified atom stereocenters. The lowest BCUT2D eigenvalue weighted by Gasteiger charge is -2.26. The Morgan fingerprint density at radius 2 is 1.78 bits per heavy atom. The summed E-state index contributed by atoms with van der Waals surface area (Å²) in [5.74, 6) is 0.891. The second-order valence-electron chi connectivity index (χ2n) is 6.07. The fraction of sp³-hybridized carbons (Fsp3) is 0.600. The molecule has 102 valence electrons. The topological polar surface area (TPSA) is 38.5 Å². The summed E-state index contributed by atoms with van der Waals surface area (Å²) in [7, 11) is 2.16. The lowest BCUT2D eigenvalue weighted by molar-refractivity contribution is 0.207. The normalized spacial score (nSPS) is 11.8. The van der Waals surface area contributed by atoms with Gasteiger partial charge in [-0.15, -0.1) is 0 Å². The Morgan fingerprint density at radius 1 is 1.17 bits per heavy atom. The van der Waals surface area contributed by atoms with Crippen molar-refractivity contribution in [1.82, 2.24) is 4.90 Å². The average Bonchev–Trinajstić information content (AvgIpc) is 2.24. The quantitative estimate of drug-likeness (QED) is 0.623. The molecule has 0 atom stereocenters. The minimum absolute atomic E-state index is 0.354. The summed E-state index contributed by atoms with van der Waals surface area (Å²) in [6.07, 6.45) is 1.04. The molecular weight excluding hydrogens is 224 g/mol. The SMILES string of the molecule is CN(CCCOc1ccc(N)cc1)CC(C)(C)C. The number of rotatable bonds is 6. The first kappa shape index (κ1) is 14.8. The number of nitrogens with zero attached hydrogens (tertiary/aromatic N) is 1. The van der Waals surface area contributed by atoms with Crippen LogP contribution < -0.4 is 10.5 Å². The Kier molecular flexibility index (Phi) is 5.48. The Hall–Kier alpha value is -1.22. The van der Waals surface area contributed by atoms with Crippen molar-refractivity contribution < 1.29 is 4.74 Å². The summed E-state index contributed by atoms with van der Waals surface area (Å²) < 4.78 is 5.66. The van der Waals surface area contributed by atoms with E-state index in [4.69, 9.17) is 10.5 Å². The van der Waals surface area contributed by atoms with E-state index in [9.17, 15) is 0 Å². The predicted octanol–water partition coefficient (Wildman–Crippen LogP) is 3.02. The van der Waals surface area contributed by atoms with Crippen molar-refractivity contribution in [2.75, 3.05) is 32.5 Å². The summed E-state index contributed by atoms with van der Waals surface area (Å²) in [4.78, 5) is 2.35. The summed E-state index contributed by atoms with van der Waals surface area (Å²) in [5.41, 5.74) is 6.74. The smallest absolute Gasteiger partial charge is 0.119 e. The summed E-state index contributed by atoms with van der Waals surface area (Å²) in [5, 5.41) is 0. The van der Waals surface area contributed by atoms with E-state index >= 15 is 0 Å². The van der Waals surface area contributed by atoms with E-state index in [0.717, 1.165) is 37.6 Å². The molecule has 2 N–H and O–H groups in total. The van der Waals surface area contributed by atoms with Crippen molar-refractivity contribution in [3.8, 4) is 5.75 Å². The van der Waals surface area contributed by atoms with Crippen molar-refractivity contribution >= 4 is 5.69 Å². The molecule has 0 saturated carbocycles. The Morgan fingerprint density at radius 3 is 2.33 bits per heavy atom. The van der Waals surface area contributed by atoms with Gasteiger partial charge in [0.2, 0.25) is 0 Å². The maximum Gasteiger partial charge on any atom is 0.119 e. The molecule has 0 fully saturated rings. The van der Waals surface area contributed by atoms with Gasteiger partial charge in [-0.2, -0.15) is 0 Å². The molecular formula is C15H26N2O. The highest BCUT2D eigenvalue weighted by Crippen LogP contribution is 2.15. The van der Waals surface area contributed by atoms with Crippen molar-refractivity contribution in [3.63, 3.8) is 0 Å². The number of hydrogen-bond acceptors (Lipinski definition) is 3. The molecule has 0 amide bonds. The van der Waals surface area contributed by atoms with Crippen molar-refractivity contribution in [2.45, 2.75) is 27.2 Å². The molecule has 0 aliphatic heterocycles. The maximum atomic E-state index is 5.66. The number of nitrogens with two attached hydrogens (primary N) is 1. The minimum atomic E-state index is 0.354. The standard InChI is InChI=1S/C15H26N2O/c1-15(2,3)12-17(4)10-5-11-18-14-8-6-13(16)7-9-14/h6-9H,5,10-12,16H2,1-4H3. The van der Waals surface area contributed by atoms with E-state index in [1.54, 1.807) is 0 Å². The first-order valence-corrected chi connectivity index (χ1v) is 6.54. The van der Waals surface area contributed by atoms with Gasteiger partial charge in [-0.05, 0) is 43.1 Å². The van der Waals surface area contributed by atoms with Crippen molar-refractivity contribution in [3.05, 3.63) is 24.3 Å². The molecule has 1 aromatic rings. The highest BCUT2D eigenvalue weighted by molar-refractivity contribution is 5.41. The fourth-order valence-corrected chi connectivity index (χ4v) is 1.98. The van der Waals surface area contributed by atoms with E-state index in [2.05, 4.69) is 32.7 Å². The molecule has 0 radical (unpaired) electrons. The molecule has 0 bridgehead atoms. The molecule has 18 heavy (non-hydrogen) atoms. The third-order valence-electron chi connectivity index (χ3n) is 2.58. The van der Waals surface area contributed by atoms with Crippen LogP contribution in [0.1, 0.15) is 27.2 Å². The second kappa shape index (κ2) is 6.64. The zero-order chi connectivity index (χ0) is 13.6. The van der Waals surface area contributed by atoms with Gasteiger partial charge in [0.15, 0.2) is 0 Å². The van der Waals surface area contributed by atoms with Crippen molar-refractivity contribution in [1.29, 1.82) is 0 Å². The minimum Gasteiger partial charge on any atom is -0.494 e. The van der Waals surface area contributed by atoms with Crippen molar-refractivity contribution in [2.24, 2.45) is 5.41 Å². The molecule has 3 heteroatoms. The zero-order valence-corrected chi connectivity index (χ0v) is 12.1. The fourth-order valence-electron chi connectivity index (χ4n) is 1.98. The van der Waals surface area contributed by atoms with Gasteiger partial charge in [-0.1, -0.05) is 20.8 Å².